The van der Waals surface area contributed by atoms with Gasteiger partial charge in [-0.15, -0.1) is 0 Å². The predicted molar refractivity (Wildman–Crippen MR) is 98.0 cm³/mol. The van der Waals surface area contributed by atoms with E-state index in [0.717, 1.165) is 5.56 Å². The normalized spacial score (nSPS) is 11.4. The fraction of sp³-hybridized carbons (Fsp3) is 0.263. The Labute approximate surface area is 153 Å². The first-order valence-electron chi connectivity index (χ1n) is 8.04. The largest absolute Gasteiger partial charge is 0.478 e. The first-order valence-corrected chi connectivity index (χ1v) is 9.59. The van der Waals surface area contributed by atoms with Gasteiger partial charge in [0.15, 0.2) is 9.84 Å². The van der Waals surface area contributed by atoms with Gasteiger partial charge in [0.25, 0.3) is 5.91 Å². The highest BCUT2D eigenvalue weighted by Crippen LogP contribution is 2.17. The smallest absolute Gasteiger partial charge is 0.335 e. The lowest BCUT2D eigenvalue weighted by Gasteiger charge is -2.18. The number of amides is 1. The van der Waals surface area contributed by atoms with Crippen molar-refractivity contribution in [2.45, 2.75) is 30.5 Å². The van der Waals surface area contributed by atoms with Crippen molar-refractivity contribution >= 4 is 21.7 Å². The summed E-state index contributed by atoms with van der Waals surface area (Å²) in [7, 11) is -1.74. The van der Waals surface area contributed by atoms with Crippen LogP contribution in [0.5, 0.6) is 0 Å². The minimum atomic E-state index is -3.37. The van der Waals surface area contributed by atoms with Gasteiger partial charge in [-0.2, -0.15) is 0 Å². The molecule has 1 N–H and O–H groups in total. The van der Waals surface area contributed by atoms with Crippen LogP contribution in [0.2, 0.25) is 0 Å². The molecule has 0 saturated carbocycles. The van der Waals surface area contributed by atoms with Crippen LogP contribution in [-0.2, 0) is 16.4 Å². The van der Waals surface area contributed by atoms with Gasteiger partial charge in [-0.3, -0.25) is 4.79 Å². The molecule has 1 amide bonds. The summed E-state index contributed by atoms with van der Waals surface area (Å²) in [6.07, 6.45) is 0. The number of rotatable bonds is 6. The SMILES string of the molecule is CC(C)S(=O)(=O)c1ccc(C(=O)N(C)Cc2ccc(C(=O)O)cc2)cc1. The third kappa shape index (κ3) is 4.29. The third-order valence-electron chi connectivity index (χ3n) is 4.02. The highest BCUT2D eigenvalue weighted by molar-refractivity contribution is 7.92. The molecule has 6 nitrogen and oxygen atoms in total. The van der Waals surface area contributed by atoms with Gasteiger partial charge < -0.3 is 10.0 Å². The van der Waals surface area contributed by atoms with Crippen molar-refractivity contribution in [2.24, 2.45) is 0 Å². The molecule has 0 bridgehead atoms. The van der Waals surface area contributed by atoms with Gasteiger partial charge in [-0.05, 0) is 55.8 Å². The lowest BCUT2D eigenvalue weighted by Crippen LogP contribution is -2.26. The monoisotopic (exact) mass is 375 g/mol. The summed E-state index contributed by atoms with van der Waals surface area (Å²) in [4.78, 5) is 25.0. The maximum absolute atomic E-state index is 12.5. The summed E-state index contributed by atoms with van der Waals surface area (Å²) in [5.74, 6) is -1.25. The maximum Gasteiger partial charge on any atom is 0.335 e. The number of carbonyl (C=O) groups excluding carboxylic acids is 1. The molecule has 0 fully saturated rings. The Kier molecular flexibility index (Phi) is 5.82. The summed E-state index contributed by atoms with van der Waals surface area (Å²) < 4.78 is 24.3. The van der Waals surface area contributed by atoms with E-state index in [-0.39, 0.29) is 16.4 Å². The van der Waals surface area contributed by atoms with Crippen LogP contribution in [0.15, 0.2) is 53.4 Å². The number of nitrogens with zero attached hydrogens (tertiary/aromatic N) is 1. The number of sulfone groups is 1. The lowest BCUT2D eigenvalue weighted by molar-refractivity contribution is 0.0695. The van der Waals surface area contributed by atoms with Gasteiger partial charge in [-0.1, -0.05) is 12.1 Å². The average molecular weight is 375 g/mol. The Hall–Kier alpha value is -2.67. The van der Waals surface area contributed by atoms with E-state index >= 15 is 0 Å². The van der Waals surface area contributed by atoms with Crippen LogP contribution in [-0.4, -0.2) is 42.6 Å². The van der Waals surface area contributed by atoms with Crippen LogP contribution in [0.1, 0.15) is 40.1 Å². The molecule has 0 aliphatic heterocycles. The van der Waals surface area contributed by atoms with Gasteiger partial charge in [-0.25, -0.2) is 13.2 Å². The second kappa shape index (κ2) is 7.70. The number of hydrogen-bond donors (Lipinski definition) is 1. The fourth-order valence-corrected chi connectivity index (χ4v) is 3.44. The molecule has 0 aromatic heterocycles. The van der Waals surface area contributed by atoms with Crippen LogP contribution in [0, 0.1) is 0 Å². The number of carbonyl (C=O) groups is 2. The summed E-state index contributed by atoms with van der Waals surface area (Å²) in [6, 6.07) is 12.2. The van der Waals surface area contributed by atoms with E-state index in [1.807, 2.05) is 0 Å². The Morgan fingerprint density at radius 2 is 1.46 bits per heavy atom. The van der Waals surface area contributed by atoms with Crippen molar-refractivity contribution in [3.05, 3.63) is 65.2 Å². The standard InChI is InChI=1S/C19H21NO5S/c1-13(2)26(24,25)17-10-8-15(9-11-17)18(21)20(3)12-14-4-6-16(7-5-14)19(22)23/h4-11,13H,12H2,1-3H3,(H,22,23). The van der Waals surface area contributed by atoms with E-state index in [1.165, 1.54) is 41.3 Å². The minimum Gasteiger partial charge on any atom is -0.478 e. The number of carboxylic acid groups (broad SMARTS) is 1. The molecule has 0 unspecified atom stereocenters. The second-order valence-electron chi connectivity index (χ2n) is 6.28. The topological polar surface area (TPSA) is 91.8 Å². The number of hydrogen-bond acceptors (Lipinski definition) is 4. The van der Waals surface area contributed by atoms with Crippen molar-refractivity contribution in [1.29, 1.82) is 0 Å². The van der Waals surface area contributed by atoms with Gasteiger partial charge >= 0.3 is 5.97 Å². The van der Waals surface area contributed by atoms with Crippen molar-refractivity contribution in [1.82, 2.24) is 4.90 Å². The first-order chi connectivity index (χ1) is 12.1. The van der Waals surface area contributed by atoms with E-state index in [2.05, 4.69) is 0 Å². The van der Waals surface area contributed by atoms with E-state index in [9.17, 15) is 18.0 Å². The molecular weight excluding hydrogens is 354 g/mol. The first kappa shape index (κ1) is 19.7. The molecule has 0 atom stereocenters. The summed E-state index contributed by atoms with van der Waals surface area (Å²) in [5, 5.41) is 8.37. The molecule has 26 heavy (non-hydrogen) atoms. The average Bonchev–Trinajstić information content (AvgIpc) is 2.61. The minimum absolute atomic E-state index is 0.185. The van der Waals surface area contributed by atoms with Crippen molar-refractivity contribution in [3.8, 4) is 0 Å². The lowest BCUT2D eigenvalue weighted by atomic mass is 10.1. The number of carboxylic acids is 1. The Morgan fingerprint density at radius 3 is 1.92 bits per heavy atom. The molecule has 0 radical (unpaired) electrons. The van der Waals surface area contributed by atoms with Gasteiger partial charge in [0.1, 0.15) is 0 Å². The maximum atomic E-state index is 12.5. The molecular formula is C19H21NO5S. The fourth-order valence-electron chi connectivity index (χ4n) is 2.38. The molecule has 0 aliphatic rings. The zero-order valence-electron chi connectivity index (χ0n) is 14.8. The summed E-state index contributed by atoms with van der Waals surface area (Å²) in [6.45, 7) is 3.53. The summed E-state index contributed by atoms with van der Waals surface area (Å²) in [5.41, 5.74) is 1.37. The highest BCUT2D eigenvalue weighted by atomic mass is 32.2. The van der Waals surface area contributed by atoms with Crippen molar-refractivity contribution in [2.75, 3.05) is 7.05 Å². The molecule has 0 spiro atoms. The van der Waals surface area contributed by atoms with Crippen LogP contribution in [0.4, 0.5) is 0 Å². The van der Waals surface area contributed by atoms with E-state index < -0.39 is 21.1 Å². The van der Waals surface area contributed by atoms with Crippen LogP contribution in [0.3, 0.4) is 0 Å². The van der Waals surface area contributed by atoms with Crippen molar-refractivity contribution in [3.63, 3.8) is 0 Å². The Bertz CT molecular complexity index is 900. The number of benzene rings is 2. The van der Waals surface area contributed by atoms with E-state index in [0.29, 0.717) is 12.1 Å². The predicted octanol–water partition coefficient (Wildman–Crippen LogP) is 2.84. The molecule has 7 heteroatoms. The van der Waals surface area contributed by atoms with Crippen LogP contribution in [0.25, 0.3) is 0 Å². The zero-order chi connectivity index (χ0) is 19.5. The molecule has 138 valence electrons. The quantitative estimate of drug-likeness (QED) is 0.838. The number of aromatic carboxylic acids is 1. The Balaban J connectivity index is 2.11. The Morgan fingerprint density at radius 1 is 0.962 bits per heavy atom. The van der Waals surface area contributed by atoms with Gasteiger partial charge in [0.05, 0.1) is 15.7 Å². The third-order valence-corrected chi connectivity index (χ3v) is 6.19. The second-order valence-corrected chi connectivity index (χ2v) is 8.79. The summed E-state index contributed by atoms with van der Waals surface area (Å²) >= 11 is 0. The highest BCUT2D eigenvalue weighted by Gasteiger charge is 2.20. The van der Waals surface area contributed by atoms with Gasteiger partial charge in [0, 0.05) is 19.2 Å². The van der Waals surface area contributed by atoms with E-state index in [4.69, 9.17) is 5.11 Å². The molecule has 0 saturated heterocycles. The molecule has 0 heterocycles. The van der Waals surface area contributed by atoms with Crippen molar-refractivity contribution < 1.29 is 23.1 Å². The molecule has 2 aromatic rings. The van der Waals surface area contributed by atoms with Crippen LogP contribution < -0.4 is 0 Å². The molecule has 2 aromatic carbocycles. The van der Waals surface area contributed by atoms with E-state index in [1.54, 1.807) is 33.0 Å². The molecule has 0 aliphatic carbocycles. The molecule has 2 rings (SSSR count). The van der Waals surface area contributed by atoms with Crippen LogP contribution >= 0.6 is 0 Å². The van der Waals surface area contributed by atoms with Gasteiger partial charge in [0.2, 0.25) is 0 Å². The zero-order valence-corrected chi connectivity index (χ0v) is 15.7.